The molecule has 0 bridgehead atoms. The van der Waals surface area contributed by atoms with Crippen molar-refractivity contribution in [2.45, 2.75) is 25.8 Å². The van der Waals surface area contributed by atoms with Gasteiger partial charge in [-0.1, -0.05) is 30.3 Å². The lowest BCUT2D eigenvalue weighted by Gasteiger charge is -2.14. The monoisotopic (exact) mass is 326 g/mol. The van der Waals surface area contributed by atoms with Crippen LogP contribution < -0.4 is 16.2 Å². The third kappa shape index (κ3) is 6.18. The van der Waals surface area contributed by atoms with Gasteiger partial charge in [-0.25, -0.2) is 5.43 Å². The van der Waals surface area contributed by atoms with Gasteiger partial charge in [0.1, 0.15) is 0 Å². The number of nitrogens with zero attached hydrogens (tertiary/aromatic N) is 1. The molecule has 0 aliphatic heterocycles. The van der Waals surface area contributed by atoms with Gasteiger partial charge in [0.15, 0.2) is 0 Å². The third-order valence-electron chi connectivity index (χ3n) is 3.41. The zero-order valence-electron chi connectivity index (χ0n) is 13.7. The molecule has 0 spiro atoms. The number of rotatable bonds is 8. The summed E-state index contributed by atoms with van der Waals surface area (Å²) >= 11 is 0. The van der Waals surface area contributed by atoms with E-state index in [1.54, 1.807) is 24.5 Å². The van der Waals surface area contributed by atoms with Crippen LogP contribution in [0, 0.1) is 0 Å². The van der Waals surface area contributed by atoms with Crippen LogP contribution in [-0.4, -0.2) is 29.4 Å². The van der Waals surface area contributed by atoms with Gasteiger partial charge < -0.3 is 5.32 Å². The molecule has 0 saturated heterocycles. The van der Waals surface area contributed by atoms with Crippen LogP contribution in [-0.2, 0) is 11.2 Å². The van der Waals surface area contributed by atoms with Crippen molar-refractivity contribution in [1.82, 2.24) is 21.2 Å². The molecule has 1 aromatic heterocycles. The topological polar surface area (TPSA) is 83.1 Å². The van der Waals surface area contributed by atoms with Gasteiger partial charge in [-0.05, 0) is 31.0 Å². The summed E-state index contributed by atoms with van der Waals surface area (Å²) in [6, 6.07) is 13.3. The maximum Gasteiger partial charge on any atom is 0.265 e. The van der Waals surface area contributed by atoms with Crippen molar-refractivity contribution < 1.29 is 9.59 Å². The van der Waals surface area contributed by atoms with E-state index >= 15 is 0 Å². The molecule has 0 radical (unpaired) electrons. The first-order valence-corrected chi connectivity index (χ1v) is 7.91. The van der Waals surface area contributed by atoms with E-state index < -0.39 is 0 Å². The van der Waals surface area contributed by atoms with Gasteiger partial charge in [0.2, 0.25) is 5.91 Å². The van der Waals surface area contributed by atoms with E-state index in [9.17, 15) is 9.59 Å². The number of benzene rings is 1. The highest BCUT2D eigenvalue weighted by molar-refractivity contribution is 5.93. The zero-order valence-corrected chi connectivity index (χ0v) is 13.7. The van der Waals surface area contributed by atoms with E-state index in [0.717, 1.165) is 6.42 Å². The Morgan fingerprint density at radius 1 is 1.08 bits per heavy atom. The lowest BCUT2D eigenvalue weighted by atomic mass is 10.1. The molecular weight excluding hydrogens is 304 g/mol. The van der Waals surface area contributed by atoms with E-state index in [1.807, 2.05) is 37.3 Å². The summed E-state index contributed by atoms with van der Waals surface area (Å²) in [7, 11) is 0. The normalized spacial score (nSPS) is 11.5. The predicted molar refractivity (Wildman–Crippen MR) is 92.1 cm³/mol. The second-order valence-electron chi connectivity index (χ2n) is 5.53. The standard InChI is InChI=1S/C18H22N4O2/c1-14(13-15-5-3-2-4-6-15)21-17(23)9-12-20-22-18(24)16-7-10-19-11-8-16/h2-8,10-11,14,20H,9,12-13H2,1H3,(H,21,23)(H,22,24). The average Bonchev–Trinajstić information content (AvgIpc) is 2.60. The Hall–Kier alpha value is -2.73. The number of aromatic nitrogens is 1. The fraction of sp³-hybridized carbons (Fsp3) is 0.278. The molecule has 0 aliphatic rings. The van der Waals surface area contributed by atoms with E-state index in [-0.39, 0.29) is 24.3 Å². The number of pyridine rings is 1. The maximum atomic E-state index is 11.9. The second kappa shape index (κ2) is 9.42. The number of carbonyl (C=O) groups excluding carboxylic acids is 2. The Labute approximate surface area is 141 Å². The smallest absolute Gasteiger partial charge is 0.265 e. The summed E-state index contributed by atoms with van der Waals surface area (Å²) < 4.78 is 0. The maximum absolute atomic E-state index is 11.9. The van der Waals surface area contributed by atoms with E-state index in [1.165, 1.54) is 5.56 Å². The SMILES string of the molecule is CC(Cc1ccccc1)NC(=O)CCNNC(=O)c1ccncc1. The van der Waals surface area contributed by atoms with E-state index in [4.69, 9.17) is 0 Å². The van der Waals surface area contributed by atoms with Crippen LogP contribution in [0.25, 0.3) is 0 Å². The Morgan fingerprint density at radius 3 is 2.50 bits per heavy atom. The number of hydrogen-bond donors (Lipinski definition) is 3. The Kier molecular flexibility index (Phi) is 6.91. The molecule has 1 heterocycles. The molecule has 126 valence electrons. The van der Waals surface area contributed by atoms with Gasteiger partial charge in [0.05, 0.1) is 0 Å². The van der Waals surface area contributed by atoms with Crippen LogP contribution in [0.5, 0.6) is 0 Å². The minimum atomic E-state index is -0.254. The molecule has 0 aliphatic carbocycles. The number of nitrogens with one attached hydrogen (secondary N) is 3. The molecule has 3 N–H and O–H groups in total. The molecule has 2 aromatic rings. The molecule has 2 rings (SSSR count). The zero-order chi connectivity index (χ0) is 17.2. The van der Waals surface area contributed by atoms with Gasteiger partial charge in [-0.15, -0.1) is 0 Å². The molecule has 2 amide bonds. The highest BCUT2D eigenvalue weighted by Crippen LogP contribution is 2.02. The number of hydrazine groups is 1. The summed E-state index contributed by atoms with van der Waals surface area (Å²) in [4.78, 5) is 27.5. The minimum absolute atomic E-state index is 0.0518. The Bertz CT molecular complexity index is 647. The van der Waals surface area contributed by atoms with Gasteiger partial charge in [-0.3, -0.25) is 20.0 Å². The van der Waals surface area contributed by atoms with Gasteiger partial charge in [0, 0.05) is 37.0 Å². The molecule has 1 atom stereocenters. The highest BCUT2D eigenvalue weighted by atomic mass is 16.2. The van der Waals surface area contributed by atoms with E-state index in [2.05, 4.69) is 21.2 Å². The molecule has 0 saturated carbocycles. The first-order valence-electron chi connectivity index (χ1n) is 7.91. The van der Waals surface area contributed by atoms with Gasteiger partial charge in [-0.2, -0.15) is 0 Å². The van der Waals surface area contributed by atoms with Crippen LogP contribution in [0.4, 0.5) is 0 Å². The predicted octanol–water partition coefficient (Wildman–Crippen LogP) is 1.45. The fourth-order valence-corrected chi connectivity index (χ4v) is 2.26. The van der Waals surface area contributed by atoms with Crippen molar-refractivity contribution in [3.63, 3.8) is 0 Å². The Balaban J connectivity index is 1.62. The summed E-state index contributed by atoms with van der Waals surface area (Å²) in [5.41, 5.74) is 7.01. The number of hydrogen-bond acceptors (Lipinski definition) is 4. The Morgan fingerprint density at radius 2 is 1.79 bits per heavy atom. The molecule has 6 heteroatoms. The van der Waals surface area contributed by atoms with Crippen molar-refractivity contribution in [2.24, 2.45) is 0 Å². The number of carbonyl (C=O) groups is 2. The summed E-state index contributed by atoms with van der Waals surface area (Å²) in [5, 5.41) is 2.95. The summed E-state index contributed by atoms with van der Waals surface area (Å²) in [6.45, 7) is 2.34. The molecule has 0 fully saturated rings. The van der Waals surface area contributed by atoms with Gasteiger partial charge >= 0.3 is 0 Å². The lowest BCUT2D eigenvalue weighted by Crippen LogP contribution is -2.41. The molecule has 24 heavy (non-hydrogen) atoms. The van der Waals surface area contributed by atoms with Crippen LogP contribution >= 0.6 is 0 Å². The van der Waals surface area contributed by atoms with Crippen LogP contribution in [0.2, 0.25) is 0 Å². The van der Waals surface area contributed by atoms with Crippen LogP contribution in [0.15, 0.2) is 54.9 Å². The van der Waals surface area contributed by atoms with Crippen molar-refractivity contribution in [2.75, 3.05) is 6.54 Å². The molecule has 6 nitrogen and oxygen atoms in total. The third-order valence-corrected chi connectivity index (χ3v) is 3.41. The van der Waals surface area contributed by atoms with Crippen molar-refractivity contribution in [3.05, 3.63) is 66.0 Å². The van der Waals surface area contributed by atoms with Crippen LogP contribution in [0.1, 0.15) is 29.3 Å². The van der Waals surface area contributed by atoms with Crippen LogP contribution in [0.3, 0.4) is 0 Å². The van der Waals surface area contributed by atoms with Gasteiger partial charge in [0.25, 0.3) is 5.91 Å². The molecule has 1 aromatic carbocycles. The lowest BCUT2D eigenvalue weighted by molar-refractivity contribution is -0.121. The van der Waals surface area contributed by atoms with E-state index in [0.29, 0.717) is 12.1 Å². The average molecular weight is 326 g/mol. The quantitative estimate of drug-likeness (QED) is 0.506. The van der Waals surface area contributed by atoms with Crippen molar-refractivity contribution >= 4 is 11.8 Å². The van der Waals surface area contributed by atoms with Crippen molar-refractivity contribution in [1.29, 1.82) is 0 Å². The minimum Gasteiger partial charge on any atom is -0.353 e. The molecular formula is C18H22N4O2. The molecule has 1 unspecified atom stereocenters. The van der Waals surface area contributed by atoms with Crippen molar-refractivity contribution in [3.8, 4) is 0 Å². The first-order chi connectivity index (χ1) is 11.6. The number of amides is 2. The second-order valence-corrected chi connectivity index (χ2v) is 5.53. The largest absolute Gasteiger partial charge is 0.353 e. The summed E-state index contributed by atoms with van der Waals surface area (Å²) in [6.07, 6.45) is 4.18. The highest BCUT2D eigenvalue weighted by Gasteiger charge is 2.08. The fourth-order valence-electron chi connectivity index (χ4n) is 2.26. The first kappa shape index (κ1) is 17.6. The summed E-state index contributed by atoms with van der Waals surface area (Å²) in [5.74, 6) is -0.306.